The molecule has 2 heterocycles. The van der Waals surface area contributed by atoms with Crippen molar-refractivity contribution in [3.8, 4) is 10.6 Å². The maximum atomic E-state index is 13.4. The average Bonchev–Trinajstić information content (AvgIpc) is 3.39. The van der Waals surface area contributed by atoms with Gasteiger partial charge in [-0.15, -0.1) is 11.3 Å². The normalized spacial score (nSPS) is 15.7. The summed E-state index contributed by atoms with van der Waals surface area (Å²) in [5.41, 5.74) is 4.46. The number of aryl methyl sites for hydroxylation is 1. The summed E-state index contributed by atoms with van der Waals surface area (Å²) < 4.78 is 13.4. The van der Waals surface area contributed by atoms with Crippen molar-refractivity contribution in [3.05, 3.63) is 76.5 Å². The summed E-state index contributed by atoms with van der Waals surface area (Å²) in [7, 11) is 0. The van der Waals surface area contributed by atoms with Crippen LogP contribution in [0.15, 0.2) is 59.1 Å². The minimum Gasteiger partial charge on any atom is -0.382 e. The Hall–Kier alpha value is -3.06. The maximum absolute atomic E-state index is 13.4. The summed E-state index contributed by atoms with van der Waals surface area (Å²) in [6.45, 7) is 2.52. The molecular formula is C22H20FN3O2S. The predicted octanol–water partition coefficient (Wildman–Crippen LogP) is 4.11. The van der Waals surface area contributed by atoms with Crippen molar-refractivity contribution in [1.82, 2.24) is 10.3 Å². The number of benzene rings is 2. The maximum Gasteiger partial charge on any atom is 0.264 e. The molecule has 29 heavy (non-hydrogen) atoms. The molecule has 0 fully saturated rings. The summed E-state index contributed by atoms with van der Waals surface area (Å²) in [6.07, 6.45) is 0.272. The van der Waals surface area contributed by atoms with Gasteiger partial charge in [0.1, 0.15) is 10.8 Å². The number of carbonyl (C=O) groups is 1. The molecule has 1 unspecified atom stereocenters. The SMILES string of the molecule is Cc1ccc(-c2nc(CCNC(=O)C3CC(c4cccc(F)c4)=NO3)cs2)cc1. The van der Waals surface area contributed by atoms with Crippen LogP contribution in [-0.4, -0.2) is 29.3 Å². The van der Waals surface area contributed by atoms with Crippen LogP contribution in [0.1, 0.15) is 23.2 Å². The van der Waals surface area contributed by atoms with Crippen LogP contribution in [0.2, 0.25) is 0 Å². The first-order valence-electron chi connectivity index (χ1n) is 9.36. The van der Waals surface area contributed by atoms with Gasteiger partial charge in [0.05, 0.1) is 11.4 Å². The van der Waals surface area contributed by atoms with Crippen LogP contribution >= 0.6 is 11.3 Å². The molecule has 0 radical (unpaired) electrons. The molecule has 1 aliphatic heterocycles. The fraction of sp³-hybridized carbons (Fsp3) is 0.227. The Labute approximate surface area is 172 Å². The molecule has 5 nitrogen and oxygen atoms in total. The molecule has 1 N–H and O–H groups in total. The largest absolute Gasteiger partial charge is 0.382 e. The third-order valence-electron chi connectivity index (χ3n) is 4.65. The molecule has 0 spiro atoms. The molecule has 0 saturated carbocycles. The summed E-state index contributed by atoms with van der Waals surface area (Å²) in [5, 5.41) is 9.79. The summed E-state index contributed by atoms with van der Waals surface area (Å²) in [5.74, 6) is -0.569. The number of hydrogen-bond donors (Lipinski definition) is 1. The number of nitrogens with zero attached hydrogens (tertiary/aromatic N) is 2. The molecule has 4 rings (SSSR count). The molecular weight excluding hydrogens is 389 g/mol. The summed E-state index contributed by atoms with van der Waals surface area (Å²) in [4.78, 5) is 22.2. The van der Waals surface area contributed by atoms with Crippen molar-refractivity contribution in [3.63, 3.8) is 0 Å². The molecule has 3 aromatic rings. The van der Waals surface area contributed by atoms with Crippen molar-refractivity contribution >= 4 is 23.0 Å². The molecule has 0 saturated heterocycles. The minimum atomic E-state index is -0.688. The fourth-order valence-corrected chi connectivity index (χ4v) is 3.89. The smallest absolute Gasteiger partial charge is 0.264 e. The van der Waals surface area contributed by atoms with Crippen LogP contribution < -0.4 is 5.32 Å². The second kappa shape index (κ2) is 8.53. The lowest BCUT2D eigenvalue weighted by atomic mass is 10.0. The quantitative estimate of drug-likeness (QED) is 0.666. The van der Waals surface area contributed by atoms with E-state index in [1.54, 1.807) is 23.5 Å². The lowest BCUT2D eigenvalue weighted by Gasteiger charge is -2.08. The highest BCUT2D eigenvalue weighted by molar-refractivity contribution is 7.13. The Morgan fingerprint density at radius 2 is 2.07 bits per heavy atom. The van der Waals surface area contributed by atoms with Gasteiger partial charge in [-0.05, 0) is 19.1 Å². The third-order valence-corrected chi connectivity index (χ3v) is 5.59. The first kappa shape index (κ1) is 19.3. The second-order valence-electron chi connectivity index (χ2n) is 6.90. The van der Waals surface area contributed by atoms with Crippen LogP contribution in [0.25, 0.3) is 10.6 Å². The fourth-order valence-electron chi connectivity index (χ4n) is 3.03. The van der Waals surface area contributed by atoms with Crippen molar-refractivity contribution < 1.29 is 14.0 Å². The van der Waals surface area contributed by atoms with Gasteiger partial charge in [0.15, 0.2) is 0 Å². The zero-order chi connectivity index (χ0) is 20.2. The number of nitrogens with one attached hydrogen (secondary N) is 1. The molecule has 7 heteroatoms. The Balaban J connectivity index is 1.26. The van der Waals surface area contributed by atoms with Crippen LogP contribution in [-0.2, 0) is 16.1 Å². The highest BCUT2D eigenvalue weighted by Gasteiger charge is 2.28. The highest BCUT2D eigenvalue weighted by Crippen LogP contribution is 2.24. The van der Waals surface area contributed by atoms with E-state index in [0.717, 1.165) is 16.3 Å². The molecule has 148 valence electrons. The van der Waals surface area contributed by atoms with E-state index in [9.17, 15) is 9.18 Å². The van der Waals surface area contributed by atoms with Crippen LogP contribution in [0, 0.1) is 12.7 Å². The van der Waals surface area contributed by atoms with Gasteiger partial charge in [-0.2, -0.15) is 0 Å². The standard InChI is InChI=1S/C22H20FN3O2S/c1-14-5-7-15(8-6-14)22-25-18(13-29-22)9-10-24-21(27)20-12-19(26-28-20)16-3-2-4-17(23)11-16/h2-8,11,13,20H,9-10,12H2,1H3,(H,24,27). The van der Waals surface area contributed by atoms with E-state index in [4.69, 9.17) is 4.84 Å². The van der Waals surface area contributed by atoms with E-state index >= 15 is 0 Å². The van der Waals surface area contributed by atoms with Crippen molar-refractivity contribution in [2.45, 2.75) is 25.9 Å². The molecule has 0 aliphatic carbocycles. The van der Waals surface area contributed by atoms with E-state index in [1.807, 2.05) is 5.38 Å². The van der Waals surface area contributed by atoms with Gasteiger partial charge >= 0.3 is 0 Å². The number of amides is 1. The Bertz CT molecular complexity index is 1050. The third kappa shape index (κ3) is 4.68. The number of oxime groups is 1. The van der Waals surface area contributed by atoms with Crippen molar-refractivity contribution in [2.75, 3.05) is 6.54 Å². The van der Waals surface area contributed by atoms with E-state index in [1.165, 1.54) is 17.7 Å². The van der Waals surface area contributed by atoms with E-state index in [2.05, 4.69) is 46.6 Å². The van der Waals surface area contributed by atoms with Crippen LogP contribution in [0.4, 0.5) is 4.39 Å². The molecule has 1 aliphatic rings. The molecule has 2 aromatic carbocycles. The van der Waals surface area contributed by atoms with Gasteiger partial charge in [0.2, 0.25) is 6.10 Å². The van der Waals surface area contributed by atoms with Gasteiger partial charge in [0, 0.05) is 35.9 Å². The number of hydrogen-bond acceptors (Lipinski definition) is 5. The monoisotopic (exact) mass is 409 g/mol. The first-order chi connectivity index (χ1) is 14.1. The lowest BCUT2D eigenvalue weighted by Crippen LogP contribution is -2.36. The number of thiazole rings is 1. The number of aromatic nitrogens is 1. The molecule has 1 atom stereocenters. The predicted molar refractivity (Wildman–Crippen MR) is 111 cm³/mol. The molecule has 0 bridgehead atoms. The minimum absolute atomic E-state index is 0.228. The van der Waals surface area contributed by atoms with Crippen LogP contribution in [0.3, 0.4) is 0 Å². The van der Waals surface area contributed by atoms with Gasteiger partial charge in [0.25, 0.3) is 5.91 Å². The van der Waals surface area contributed by atoms with Crippen molar-refractivity contribution in [1.29, 1.82) is 0 Å². The number of carbonyl (C=O) groups excluding carboxylic acids is 1. The summed E-state index contributed by atoms with van der Waals surface area (Å²) >= 11 is 1.59. The molecule has 1 aromatic heterocycles. The van der Waals surface area contributed by atoms with Gasteiger partial charge < -0.3 is 10.2 Å². The van der Waals surface area contributed by atoms with Gasteiger partial charge in [-0.3, -0.25) is 4.79 Å². The van der Waals surface area contributed by atoms with Crippen molar-refractivity contribution in [2.24, 2.45) is 5.16 Å². The lowest BCUT2D eigenvalue weighted by molar-refractivity contribution is -0.131. The Morgan fingerprint density at radius 3 is 2.86 bits per heavy atom. The zero-order valence-electron chi connectivity index (χ0n) is 15.9. The van der Waals surface area contributed by atoms with Gasteiger partial charge in [-0.1, -0.05) is 47.1 Å². The highest BCUT2D eigenvalue weighted by atomic mass is 32.1. The van der Waals surface area contributed by atoms with E-state index in [-0.39, 0.29) is 11.7 Å². The van der Waals surface area contributed by atoms with E-state index < -0.39 is 6.10 Å². The number of rotatable bonds is 6. The van der Waals surface area contributed by atoms with E-state index in [0.29, 0.717) is 30.7 Å². The Kier molecular flexibility index (Phi) is 5.67. The first-order valence-corrected chi connectivity index (χ1v) is 10.2. The average molecular weight is 409 g/mol. The second-order valence-corrected chi connectivity index (χ2v) is 7.76. The van der Waals surface area contributed by atoms with Crippen LogP contribution in [0.5, 0.6) is 0 Å². The Morgan fingerprint density at radius 1 is 1.24 bits per heavy atom. The molecule has 1 amide bonds. The summed E-state index contributed by atoms with van der Waals surface area (Å²) in [6, 6.07) is 14.4. The number of halogens is 1. The van der Waals surface area contributed by atoms with Gasteiger partial charge in [-0.25, -0.2) is 9.37 Å². The zero-order valence-corrected chi connectivity index (χ0v) is 16.7. The topological polar surface area (TPSA) is 63.6 Å².